The fourth-order valence-corrected chi connectivity index (χ4v) is 3.82. The summed E-state index contributed by atoms with van der Waals surface area (Å²) < 4.78 is 27.6. The van der Waals surface area contributed by atoms with Crippen molar-refractivity contribution in [2.45, 2.75) is 136 Å². The van der Waals surface area contributed by atoms with E-state index in [1.54, 1.807) is 0 Å². The maximum atomic E-state index is 12.3. The molecule has 0 aromatic heterocycles. The predicted octanol–water partition coefficient (Wildman–Crippen LogP) is 7.52. The van der Waals surface area contributed by atoms with Gasteiger partial charge in [0.15, 0.2) is 6.29 Å². The highest BCUT2D eigenvalue weighted by Crippen LogP contribution is 2.12. The Labute approximate surface area is 239 Å². The molecule has 0 amide bonds. The van der Waals surface area contributed by atoms with Crippen molar-refractivity contribution in [3.05, 3.63) is 0 Å². The summed E-state index contributed by atoms with van der Waals surface area (Å²) in [5.41, 5.74) is 0. The van der Waals surface area contributed by atoms with Crippen LogP contribution in [0.25, 0.3) is 0 Å². The molecule has 0 N–H and O–H groups in total. The van der Waals surface area contributed by atoms with Crippen molar-refractivity contribution < 1.29 is 33.3 Å². The predicted molar refractivity (Wildman–Crippen MR) is 157 cm³/mol. The summed E-state index contributed by atoms with van der Waals surface area (Å²) in [6, 6.07) is 0.317. The molecule has 0 fully saturated rings. The molecule has 0 aliphatic heterocycles. The van der Waals surface area contributed by atoms with Gasteiger partial charge in [-0.2, -0.15) is 0 Å². The highest BCUT2D eigenvalue weighted by atomic mass is 16.7. The zero-order chi connectivity index (χ0) is 29.1. The van der Waals surface area contributed by atoms with Crippen LogP contribution >= 0.6 is 0 Å². The van der Waals surface area contributed by atoms with E-state index < -0.39 is 6.16 Å². The number of unbranched alkanes of at least 4 members (excludes halogenated alkanes) is 10. The van der Waals surface area contributed by atoms with Crippen LogP contribution in [0.4, 0.5) is 4.79 Å². The molecule has 0 saturated heterocycles. The van der Waals surface area contributed by atoms with E-state index in [0.717, 1.165) is 32.1 Å². The number of esters is 1. The van der Waals surface area contributed by atoms with Crippen molar-refractivity contribution >= 4 is 12.1 Å². The monoisotopic (exact) mass is 559 g/mol. The van der Waals surface area contributed by atoms with Crippen molar-refractivity contribution in [1.29, 1.82) is 0 Å². The molecule has 8 heteroatoms. The van der Waals surface area contributed by atoms with Crippen LogP contribution in [-0.2, 0) is 28.5 Å². The van der Waals surface area contributed by atoms with Gasteiger partial charge in [-0.3, -0.25) is 4.79 Å². The Morgan fingerprint density at radius 3 is 1.69 bits per heavy atom. The normalized spacial score (nSPS) is 13.0. The first-order valence-corrected chi connectivity index (χ1v) is 15.6. The van der Waals surface area contributed by atoms with Crippen LogP contribution in [0.15, 0.2) is 0 Å². The van der Waals surface area contributed by atoms with E-state index in [2.05, 4.69) is 25.7 Å². The Balaban J connectivity index is 4.20. The first-order chi connectivity index (χ1) is 18.8. The van der Waals surface area contributed by atoms with Gasteiger partial charge in [-0.25, -0.2) is 4.79 Å². The average molecular weight is 560 g/mol. The lowest BCUT2D eigenvalue weighted by atomic mass is 10.1. The SMILES string of the molecule is CCCCCCCCOC(CCC(=O)OCC(C)COC(=O)OCCC(C)N(C)C)OCCCCCCCC. The van der Waals surface area contributed by atoms with Crippen LogP contribution in [0.1, 0.15) is 124 Å². The zero-order valence-corrected chi connectivity index (χ0v) is 26.2. The number of nitrogens with zero attached hydrogens (tertiary/aromatic N) is 1. The van der Waals surface area contributed by atoms with Gasteiger partial charge < -0.3 is 28.6 Å². The van der Waals surface area contributed by atoms with Gasteiger partial charge in [0.05, 0.1) is 19.6 Å². The molecule has 0 spiro atoms. The van der Waals surface area contributed by atoms with Gasteiger partial charge in [0.1, 0.15) is 6.61 Å². The topological polar surface area (TPSA) is 83.5 Å². The van der Waals surface area contributed by atoms with Crippen LogP contribution in [0, 0.1) is 5.92 Å². The van der Waals surface area contributed by atoms with Crippen molar-refractivity contribution in [3.8, 4) is 0 Å². The molecule has 0 rings (SSSR count). The molecule has 0 aliphatic rings. The molecule has 0 bridgehead atoms. The molecule has 0 heterocycles. The average Bonchev–Trinajstić information content (AvgIpc) is 2.91. The van der Waals surface area contributed by atoms with Crippen molar-refractivity contribution in [2.24, 2.45) is 5.92 Å². The molecule has 0 saturated carbocycles. The van der Waals surface area contributed by atoms with E-state index in [4.69, 9.17) is 23.7 Å². The highest BCUT2D eigenvalue weighted by molar-refractivity contribution is 5.69. The van der Waals surface area contributed by atoms with Gasteiger partial charge in [0.25, 0.3) is 0 Å². The summed E-state index contributed by atoms with van der Waals surface area (Å²) in [6.45, 7) is 10.3. The van der Waals surface area contributed by atoms with Crippen LogP contribution in [0.5, 0.6) is 0 Å². The number of carbonyl (C=O) groups excluding carboxylic acids is 2. The van der Waals surface area contributed by atoms with Crippen molar-refractivity contribution in [1.82, 2.24) is 4.90 Å². The quantitative estimate of drug-likeness (QED) is 0.0580. The third kappa shape index (κ3) is 25.3. The maximum Gasteiger partial charge on any atom is 0.508 e. The Bertz CT molecular complexity index is 555. The smallest absolute Gasteiger partial charge is 0.465 e. The van der Waals surface area contributed by atoms with E-state index in [9.17, 15) is 9.59 Å². The molecule has 39 heavy (non-hydrogen) atoms. The van der Waals surface area contributed by atoms with E-state index in [-0.39, 0.29) is 37.8 Å². The van der Waals surface area contributed by atoms with Gasteiger partial charge in [0.2, 0.25) is 0 Å². The minimum absolute atomic E-state index is 0.120. The fourth-order valence-electron chi connectivity index (χ4n) is 3.82. The molecule has 8 nitrogen and oxygen atoms in total. The fraction of sp³-hybridized carbons (Fsp3) is 0.935. The summed E-state index contributed by atoms with van der Waals surface area (Å²) in [6.07, 6.45) is 14.8. The van der Waals surface area contributed by atoms with E-state index in [1.807, 2.05) is 21.0 Å². The van der Waals surface area contributed by atoms with Gasteiger partial charge in [0, 0.05) is 31.6 Å². The molecule has 232 valence electrons. The van der Waals surface area contributed by atoms with E-state index in [0.29, 0.717) is 32.3 Å². The lowest BCUT2D eigenvalue weighted by molar-refractivity contribution is -0.160. The lowest BCUT2D eigenvalue weighted by Gasteiger charge is -2.19. The summed E-state index contributed by atoms with van der Waals surface area (Å²) in [7, 11) is 3.97. The van der Waals surface area contributed by atoms with Gasteiger partial charge in [-0.1, -0.05) is 85.0 Å². The first-order valence-electron chi connectivity index (χ1n) is 15.6. The molecule has 0 aromatic rings. The summed E-state index contributed by atoms with van der Waals surface area (Å²) >= 11 is 0. The second-order valence-electron chi connectivity index (χ2n) is 11.0. The second kappa shape index (κ2) is 26.8. The van der Waals surface area contributed by atoms with Crippen molar-refractivity contribution in [2.75, 3.05) is 47.1 Å². The molecule has 0 aromatic carbocycles. The Morgan fingerprint density at radius 2 is 1.15 bits per heavy atom. The van der Waals surface area contributed by atoms with Crippen molar-refractivity contribution in [3.63, 3.8) is 0 Å². The number of hydrogen-bond acceptors (Lipinski definition) is 8. The number of rotatable bonds is 27. The number of hydrogen-bond donors (Lipinski definition) is 0. The minimum Gasteiger partial charge on any atom is -0.465 e. The second-order valence-corrected chi connectivity index (χ2v) is 11.0. The van der Waals surface area contributed by atoms with E-state index >= 15 is 0 Å². The summed E-state index contributed by atoms with van der Waals surface area (Å²) in [5.74, 6) is -0.413. The van der Waals surface area contributed by atoms with E-state index in [1.165, 1.54) is 51.4 Å². The largest absolute Gasteiger partial charge is 0.508 e. The minimum atomic E-state index is -0.688. The standard InChI is InChI=1S/C31H61NO7/c1-7-9-11-13-15-17-22-35-30(36-23-18-16-14-12-10-8-2)20-19-29(33)38-25-27(3)26-39-31(34)37-24-21-28(4)32(5)6/h27-28,30H,7-26H2,1-6H3. The van der Waals surface area contributed by atoms with Crippen LogP contribution < -0.4 is 0 Å². The van der Waals surface area contributed by atoms with Crippen LogP contribution in [-0.4, -0.2) is 76.5 Å². The number of ether oxygens (including phenoxy) is 5. The Hall–Kier alpha value is -1.38. The molecule has 0 radical (unpaired) electrons. The van der Waals surface area contributed by atoms with Gasteiger partial charge in [-0.05, 0) is 40.3 Å². The molecule has 2 unspecified atom stereocenters. The molecule has 2 atom stereocenters. The number of carbonyl (C=O) groups is 2. The highest BCUT2D eigenvalue weighted by Gasteiger charge is 2.16. The first kappa shape index (κ1) is 37.6. The molecular formula is C31H61NO7. The third-order valence-corrected chi connectivity index (χ3v) is 6.84. The maximum absolute atomic E-state index is 12.3. The van der Waals surface area contributed by atoms with Gasteiger partial charge >= 0.3 is 12.1 Å². The van der Waals surface area contributed by atoms with Gasteiger partial charge in [-0.15, -0.1) is 0 Å². The Morgan fingerprint density at radius 1 is 0.641 bits per heavy atom. The summed E-state index contributed by atoms with van der Waals surface area (Å²) in [5, 5.41) is 0. The van der Waals surface area contributed by atoms with Crippen LogP contribution in [0.2, 0.25) is 0 Å². The third-order valence-electron chi connectivity index (χ3n) is 6.84. The molecule has 0 aliphatic carbocycles. The summed E-state index contributed by atoms with van der Waals surface area (Å²) in [4.78, 5) is 26.2. The molecular weight excluding hydrogens is 498 g/mol. The zero-order valence-electron chi connectivity index (χ0n) is 26.2. The lowest BCUT2D eigenvalue weighted by Crippen LogP contribution is -2.26. The van der Waals surface area contributed by atoms with Crippen LogP contribution in [0.3, 0.4) is 0 Å². The Kier molecular flexibility index (Phi) is 25.9.